The van der Waals surface area contributed by atoms with Gasteiger partial charge in [-0.1, -0.05) is 17.9 Å². The molecule has 1 aromatic rings. The molecule has 1 unspecified atom stereocenters. The molecule has 1 saturated heterocycles. The lowest BCUT2D eigenvalue weighted by Gasteiger charge is -2.30. The molecule has 112 valence electrons. The third-order valence-electron chi connectivity index (χ3n) is 3.84. The number of likely N-dealkylation sites (tertiary alicyclic amines) is 1. The summed E-state index contributed by atoms with van der Waals surface area (Å²) in [4.78, 5) is 14.7. The molecule has 2 N–H and O–H groups in total. The van der Waals surface area contributed by atoms with Crippen LogP contribution < -0.4 is 5.32 Å². The monoisotopic (exact) mass is 286 g/mol. The minimum absolute atomic E-state index is 0.0413. The van der Waals surface area contributed by atoms with Gasteiger partial charge in [-0.3, -0.25) is 4.79 Å². The van der Waals surface area contributed by atoms with E-state index in [1.54, 1.807) is 0 Å². The minimum atomic E-state index is -0.176. The number of aliphatic hydroxyl groups is 1. The minimum Gasteiger partial charge on any atom is -0.384 e. The van der Waals surface area contributed by atoms with Crippen molar-refractivity contribution in [3.05, 3.63) is 34.9 Å². The van der Waals surface area contributed by atoms with E-state index in [-0.39, 0.29) is 18.6 Å². The quantitative estimate of drug-likeness (QED) is 0.802. The zero-order chi connectivity index (χ0) is 15.2. The predicted molar refractivity (Wildman–Crippen MR) is 83.1 cm³/mol. The summed E-state index contributed by atoms with van der Waals surface area (Å²) in [7, 11) is 2.08. The fraction of sp³-hybridized carbons (Fsp3) is 0.471. The second kappa shape index (κ2) is 7.26. The molecule has 0 spiro atoms. The van der Waals surface area contributed by atoms with Crippen LogP contribution in [-0.4, -0.2) is 48.7 Å². The van der Waals surface area contributed by atoms with Gasteiger partial charge in [0.25, 0.3) is 5.91 Å². The molecular weight excluding hydrogens is 264 g/mol. The van der Waals surface area contributed by atoms with Gasteiger partial charge in [0.1, 0.15) is 6.61 Å². The topological polar surface area (TPSA) is 52.6 Å². The lowest BCUT2D eigenvalue weighted by Crippen LogP contribution is -2.46. The molecule has 4 nitrogen and oxygen atoms in total. The Morgan fingerprint density at radius 3 is 3.05 bits per heavy atom. The molecule has 0 bridgehead atoms. The Hall–Kier alpha value is -1.83. The van der Waals surface area contributed by atoms with E-state index < -0.39 is 0 Å². The highest BCUT2D eigenvalue weighted by atomic mass is 16.2. The maximum absolute atomic E-state index is 12.4. The van der Waals surface area contributed by atoms with Gasteiger partial charge in [-0.05, 0) is 51.1 Å². The Balaban J connectivity index is 2.12. The summed E-state index contributed by atoms with van der Waals surface area (Å²) in [6, 6.07) is 5.73. The summed E-state index contributed by atoms with van der Waals surface area (Å²) < 4.78 is 0. The number of hydrogen-bond donors (Lipinski definition) is 2. The molecule has 1 aliphatic rings. The Kier molecular flexibility index (Phi) is 5.38. The molecule has 0 saturated carbocycles. The SMILES string of the molecule is Cc1c(C#CCO)cccc1C(=O)NC1CCCN(C)C1. The van der Waals surface area contributed by atoms with Crippen LogP contribution in [0.5, 0.6) is 0 Å². The third-order valence-corrected chi connectivity index (χ3v) is 3.84. The highest BCUT2D eigenvalue weighted by Gasteiger charge is 2.20. The number of piperidine rings is 1. The summed E-state index contributed by atoms with van der Waals surface area (Å²) in [5.74, 6) is 5.46. The van der Waals surface area contributed by atoms with E-state index in [9.17, 15) is 4.79 Å². The van der Waals surface area contributed by atoms with Gasteiger partial charge in [0.05, 0.1) is 0 Å². The first-order chi connectivity index (χ1) is 10.1. The summed E-state index contributed by atoms with van der Waals surface area (Å²) in [6.07, 6.45) is 2.14. The lowest BCUT2D eigenvalue weighted by molar-refractivity contribution is 0.0912. The molecule has 1 fully saturated rings. The van der Waals surface area contributed by atoms with Gasteiger partial charge in [-0.25, -0.2) is 0 Å². The molecule has 1 heterocycles. The first-order valence-electron chi connectivity index (χ1n) is 7.30. The van der Waals surface area contributed by atoms with Crippen LogP contribution in [-0.2, 0) is 0 Å². The van der Waals surface area contributed by atoms with Crippen molar-refractivity contribution in [1.82, 2.24) is 10.2 Å². The number of nitrogens with one attached hydrogen (secondary N) is 1. The molecule has 1 aliphatic heterocycles. The van der Waals surface area contributed by atoms with Crippen LogP contribution in [0.1, 0.15) is 34.3 Å². The van der Waals surface area contributed by atoms with E-state index in [1.807, 2.05) is 25.1 Å². The highest BCUT2D eigenvalue weighted by molar-refractivity contribution is 5.96. The van der Waals surface area contributed by atoms with Gasteiger partial charge >= 0.3 is 0 Å². The Bertz CT molecular complexity index is 572. The van der Waals surface area contributed by atoms with Crippen LogP contribution in [0.3, 0.4) is 0 Å². The molecular formula is C17H22N2O2. The van der Waals surface area contributed by atoms with Crippen LogP contribution in [0.4, 0.5) is 0 Å². The molecule has 1 atom stereocenters. The van der Waals surface area contributed by atoms with Crippen LogP contribution >= 0.6 is 0 Å². The van der Waals surface area contributed by atoms with E-state index in [2.05, 4.69) is 29.1 Å². The summed E-state index contributed by atoms with van der Waals surface area (Å²) in [5, 5.41) is 11.9. The van der Waals surface area contributed by atoms with E-state index in [4.69, 9.17) is 5.11 Å². The average Bonchev–Trinajstić information content (AvgIpc) is 2.46. The van der Waals surface area contributed by atoms with Gasteiger partial charge in [-0.2, -0.15) is 0 Å². The molecule has 4 heteroatoms. The number of rotatable bonds is 2. The molecule has 1 amide bonds. The van der Waals surface area contributed by atoms with Crippen molar-refractivity contribution in [2.24, 2.45) is 0 Å². The smallest absolute Gasteiger partial charge is 0.251 e. The van der Waals surface area contributed by atoms with Gasteiger partial charge < -0.3 is 15.3 Å². The fourth-order valence-corrected chi connectivity index (χ4v) is 2.70. The summed E-state index contributed by atoms with van der Waals surface area (Å²) in [6.45, 7) is 3.71. The van der Waals surface area contributed by atoms with Gasteiger partial charge in [-0.15, -0.1) is 0 Å². The van der Waals surface area contributed by atoms with Crippen molar-refractivity contribution in [2.75, 3.05) is 26.7 Å². The maximum atomic E-state index is 12.4. The largest absolute Gasteiger partial charge is 0.384 e. The normalized spacial score (nSPS) is 18.7. The number of carbonyl (C=O) groups is 1. The molecule has 21 heavy (non-hydrogen) atoms. The zero-order valence-corrected chi connectivity index (χ0v) is 12.6. The fourth-order valence-electron chi connectivity index (χ4n) is 2.70. The molecule has 0 aliphatic carbocycles. The number of benzene rings is 1. The van der Waals surface area contributed by atoms with E-state index in [1.165, 1.54) is 0 Å². The number of hydrogen-bond acceptors (Lipinski definition) is 3. The number of nitrogens with zero attached hydrogens (tertiary/aromatic N) is 1. The Morgan fingerprint density at radius 2 is 2.33 bits per heavy atom. The summed E-state index contributed by atoms with van der Waals surface area (Å²) in [5.41, 5.74) is 2.31. The first-order valence-corrected chi connectivity index (χ1v) is 7.30. The van der Waals surface area contributed by atoms with Crippen LogP contribution in [0, 0.1) is 18.8 Å². The number of likely N-dealkylation sites (N-methyl/N-ethyl adjacent to an activating group) is 1. The predicted octanol–water partition coefficient (Wildman–Crippen LogP) is 1.16. The van der Waals surface area contributed by atoms with Gasteiger partial charge in [0, 0.05) is 23.7 Å². The van der Waals surface area contributed by atoms with Crippen molar-refractivity contribution >= 4 is 5.91 Å². The molecule has 0 aromatic heterocycles. The Labute approximate surface area is 126 Å². The number of amides is 1. The van der Waals surface area contributed by atoms with E-state index in [0.29, 0.717) is 5.56 Å². The van der Waals surface area contributed by atoms with Crippen molar-refractivity contribution in [3.63, 3.8) is 0 Å². The van der Waals surface area contributed by atoms with Crippen molar-refractivity contribution < 1.29 is 9.90 Å². The van der Waals surface area contributed by atoms with Crippen molar-refractivity contribution in [2.45, 2.75) is 25.8 Å². The first kappa shape index (κ1) is 15.6. The van der Waals surface area contributed by atoms with Crippen LogP contribution in [0.2, 0.25) is 0 Å². The van der Waals surface area contributed by atoms with Gasteiger partial charge in [0.2, 0.25) is 0 Å². The van der Waals surface area contributed by atoms with E-state index >= 15 is 0 Å². The Morgan fingerprint density at radius 1 is 1.52 bits per heavy atom. The maximum Gasteiger partial charge on any atom is 0.251 e. The molecule has 0 radical (unpaired) electrons. The second-order valence-corrected chi connectivity index (χ2v) is 5.51. The number of aliphatic hydroxyl groups excluding tert-OH is 1. The lowest BCUT2D eigenvalue weighted by atomic mass is 10.0. The average molecular weight is 286 g/mol. The van der Waals surface area contributed by atoms with E-state index in [0.717, 1.165) is 37.1 Å². The van der Waals surface area contributed by atoms with Crippen LogP contribution in [0.25, 0.3) is 0 Å². The highest BCUT2D eigenvalue weighted by Crippen LogP contribution is 2.14. The molecule has 1 aromatic carbocycles. The summed E-state index contributed by atoms with van der Waals surface area (Å²) >= 11 is 0. The zero-order valence-electron chi connectivity index (χ0n) is 12.6. The van der Waals surface area contributed by atoms with Crippen molar-refractivity contribution in [1.29, 1.82) is 0 Å². The standard InChI is InChI=1S/C17H22N2O2/c1-13-14(7-5-11-20)6-3-9-16(13)17(21)18-15-8-4-10-19(2)12-15/h3,6,9,15,20H,4,8,10-12H2,1-2H3,(H,18,21). The molecule has 2 rings (SSSR count). The van der Waals surface area contributed by atoms with Crippen LogP contribution in [0.15, 0.2) is 18.2 Å². The number of carbonyl (C=O) groups excluding carboxylic acids is 1. The third kappa shape index (κ3) is 4.07. The van der Waals surface area contributed by atoms with Gasteiger partial charge in [0.15, 0.2) is 0 Å². The van der Waals surface area contributed by atoms with Crippen molar-refractivity contribution in [3.8, 4) is 11.8 Å². The second-order valence-electron chi connectivity index (χ2n) is 5.51.